The number of para-hydroxylation sites is 1. The zero-order valence-corrected chi connectivity index (χ0v) is 15.6. The van der Waals surface area contributed by atoms with Crippen LogP contribution in [0.4, 0.5) is 17.5 Å². The summed E-state index contributed by atoms with van der Waals surface area (Å²) in [6.07, 6.45) is 5.59. The molecular formula is C19H23N7O2. The summed E-state index contributed by atoms with van der Waals surface area (Å²) in [6, 6.07) is 5.67. The van der Waals surface area contributed by atoms with Crippen LogP contribution in [-0.4, -0.2) is 32.9 Å². The highest BCUT2D eigenvalue weighted by Gasteiger charge is 2.23. The smallest absolute Gasteiger partial charge is 0.254 e. The number of aryl methyl sites for hydroxylation is 1. The summed E-state index contributed by atoms with van der Waals surface area (Å²) in [5, 5.41) is 6.43. The van der Waals surface area contributed by atoms with E-state index in [0.717, 1.165) is 25.7 Å². The number of carbonyl (C=O) groups is 1. The first-order valence-electron chi connectivity index (χ1n) is 9.33. The Balaban J connectivity index is 1.66. The Hall–Kier alpha value is -3.20. The highest BCUT2D eigenvalue weighted by molar-refractivity contribution is 5.99. The molecule has 9 heteroatoms. The lowest BCUT2D eigenvalue weighted by atomic mass is 9.91. The van der Waals surface area contributed by atoms with Crippen molar-refractivity contribution < 1.29 is 9.21 Å². The molecular weight excluding hydrogens is 358 g/mol. The van der Waals surface area contributed by atoms with Gasteiger partial charge in [-0.1, -0.05) is 18.9 Å². The molecule has 0 aliphatic heterocycles. The second kappa shape index (κ2) is 7.43. The number of hydrogen-bond acceptors (Lipinski definition) is 8. The zero-order chi connectivity index (χ0) is 19.7. The summed E-state index contributed by atoms with van der Waals surface area (Å²) in [7, 11) is 0. The van der Waals surface area contributed by atoms with E-state index in [0.29, 0.717) is 34.4 Å². The molecule has 0 radical (unpaired) electrons. The van der Waals surface area contributed by atoms with Crippen molar-refractivity contribution in [2.45, 2.75) is 44.7 Å². The van der Waals surface area contributed by atoms with Gasteiger partial charge in [0.25, 0.3) is 5.91 Å². The summed E-state index contributed by atoms with van der Waals surface area (Å²) in [4.78, 5) is 24.9. The van der Waals surface area contributed by atoms with Crippen molar-refractivity contribution in [3.05, 3.63) is 35.9 Å². The fourth-order valence-electron chi connectivity index (χ4n) is 3.52. The predicted octanol–water partition coefficient (Wildman–Crippen LogP) is 2.45. The van der Waals surface area contributed by atoms with Crippen molar-refractivity contribution >= 4 is 34.5 Å². The number of nitrogens with one attached hydrogen (secondary N) is 2. The van der Waals surface area contributed by atoms with Crippen LogP contribution in [0.15, 0.2) is 28.8 Å². The minimum Gasteiger partial charge on any atom is -0.439 e. The third kappa shape index (κ3) is 3.61. The maximum Gasteiger partial charge on any atom is 0.254 e. The van der Waals surface area contributed by atoms with Crippen molar-refractivity contribution in [1.82, 2.24) is 15.0 Å². The first-order valence-corrected chi connectivity index (χ1v) is 9.33. The molecule has 1 aromatic carbocycles. The van der Waals surface area contributed by atoms with Crippen LogP contribution in [0.1, 0.15) is 41.9 Å². The van der Waals surface area contributed by atoms with Gasteiger partial charge < -0.3 is 26.5 Å². The molecule has 0 bridgehead atoms. The van der Waals surface area contributed by atoms with Crippen LogP contribution in [0.5, 0.6) is 0 Å². The van der Waals surface area contributed by atoms with Gasteiger partial charge in [0.15, 0.2) is 11.5 Å². The van der Waals surface area contributed by atoms with Gasteiger partial charge in [-0.25, -0.2) is 9.97 Å². The first kappa shape index (κ1) is 18.2. The fraction of sp³-hybridized carbons (Fsp3) is 0.368. The van der Waals surface area contributed by atoms with E-state index in [9.17, 15) is 4.79 Å². The Kier molecular flexibility index (Phi) is 4.82. The molecule has 2 atom stereocenters. The average molecular weight is 381 g/mol. The Morgan fingerprint density at radius 1 is 1.25 bits per heavy atom. The molecule has 6 N–H and O–H groups in total. The van der Waals surface area contributed by atoms with Crippen LogP contribution in [0.3, 0.4) is 0 Å². The van der Waals surface area contributed by atoms with Crippen molar-refractivity contribution in [1.29, 1.82) is 0 Å². The standard InChI is InChI=1S/C19H23N7O2/c1-10-23-14-7-4-8-15(16(14)28-10)24-18-11(17(21)27)9-22-19(26-18)25-13-6-3-2-5-12(13)20/h4,7-9,12-13H,2-3,5-6,20H2,1H3,(H2,21,27)(H2,22,24,25,26)/t12-,13+/m0/s1. The van der Waals surface area contributed by atoms with Crippen molar-refractivity contribution in [2.24, 2.45) is 11.5 Å². The van der Waals surface area contributed by atoms with Gasteiger partial charge in [0.1, 0.15) is 16.9 Å². The van der Waals surface area contributed by atoms with Crippen LogP contribution in [0.25, 0.3) is 11.1 Å². The van der Waals surface area contributed by atoms with E-state index < -0.39 is 5.91 Å². The highest BCUT2D eigenvalue weighted by Crippen LogP contribution is 2.28. The van der Waals surface area contributed by atoms with E-state index in [4.69, 9.17) is 15.9 Å². The molecule has 1 saturated carbocycles. The van der Waals surface area contributed by atoms with Crippen molar-refractivity contribution in [3.8, 4) is 0 Å². The van der Waals surface area contributed by atoms with Gasteiger partial charge in [-0.05, 0) is 25.0 Å². The quantitative estimate of drug-likeness (QED) is 0.527. The molecule has 0 spiro atoms. The Bertz CT molecular complexity index is 1020. The minimum absolute atomic E-state index is 0.0514. The molecule has 28 heavy (non-hydrogen) atoms. The lowest BCUT2D eigenvalue weighted by molar-refractivity contribution is 0.100. The number of aromatic nitrogens is 3. The number of oxazole rings is 1. The Morgan fingerprint density at radius 2 is 2.07 bits per heavy atom. The largest absolute Gasteiger partial charge is 0.439 e. The van der Waals surface area contributed by atoms with Gasteiger partial charge in [-0.3, -0.25) is 4.79 Å². The van der Waals surface area contributed by atoms with Gasteiger partial charge in [0.05, 0.1) is 5.69 Å². The number of nitrogens with zero attached hydrogens (tertiary/aromatic N) is 3. The molecule has 9 nitrogen and oxygen atoms in total. The molecule has 4 rings (SSSR count). The maximum atomic E-state index is 11.9. The number of amides is 1. The number of benzene rings is 1. The van der Waals surface area contributed by atoms with Crippen molar-refractivity contribution in [2.75, 3.05) is 10.6 Å². The number of rotatable bonds is 5. The van der Waals surface area contributed by atoms with Crippen LogP contribution < -0.4 is 22.1 Å². The summed E-state index contributed by atoms with van der Waals surface area (Å²) >= 11 is 0. The van der Waals surface area contributed by atoms with Gasteiger partial charge in [-0.2, -0.15) is 4.98 Å². The van der Waals surface area contributed by atoms with E-state index in [1.54, 1.807) is 6.92 Å². The third-order valence-corrected chi connectivity index (χ3v) is 4.96. The molecule has 1 amide bonds. The second-order valence-electron chi connectivity index (χ2n) is 7.03. The molecule has 1 aliphatic carbocycles. The van der Waals surface area contributed by atoms with E-state index in [1.165, 1.54) is 6.20 Å². The minimum atomic E-state index is -0.621. The normalized spacial score (nSPS) is 19.5. The summed E-state index contributed by atoms with van der Waals surface area (Å²) in [6.45, 7) is 1.78. The molecule has 2 aromatic heterocycles. The van der Waals surface area contributed by atoms with E-state index in [1.807, 2.05) is 18.2 Å². The Labute approximate surface area is 161 Å². The lowest BCUT2D eigenvalue weighted by Crippen LogP contribution is -2.43. The van der Waals surface area contributed by atoms with Gasteiger partial charge in [-0.15, -0.1) is 0 Å². The number of nitrogens with two attached hydrogens (primary N) is 2. The number of carbonyl (C=O) groups excluding carboxylic acids is 1. The second-order valence-corrected chi connectivity index (χ2v) is 7.03. The molecule has 2 heterocycles. The molecule has 1 aliphatic rings. The van der Waals surface area contributed by atoms with Gasteiger partial charge in [0, 0.05) is 25.2 Å². The van der Waals surface area contributed by atoms with Crippen molar-refractivity contribution in [3.63, 3.8) is 0 Å². The summed E-state index contributed by atoms with van der Waals surface area (Å²) < 4.78 is 5.67. The molecule has 0 saturated heterocycles. The van der Waals surface area contributed by atoms with E-state index in [-0.39, 0.29) is 17.6 Å². The number of hydrogen-bond donors (Lipinski definition) is 4. The topological polar surface area (TPSA) is 145 Å². The zero-order valence-electron chi connectivity index (χ0n) is 15.6. The monoisotopic (exact) mass is 381 g/mol. The molecule has 1 fully saturated rings. The number of fused-ring (bicyclic) bond motifs is 1. The highest BCUT2D eigenvalue weighted by atomic mass is 16.3. The van der Waals surface area contributed by atoms with Crippen LogP contribution in [0.2, 0.25) is 0 Å². The van der Waals surface area contributed by atoms with E-state index in [2.05, 4.69) is 25.6 Å². The van der Waals surface area contributed by atoms with Crippen LogP contribution >= 0.6 is 0 Å². The Morgan fingerprint density at radius 3 is 2.86 bits per heavy atom. The summed E-state index contributed by atoms with van der Waals surface area (Å²) in [5.41, 5.74) is 13.8. The molecule has 0 unspecified atom stereocenters. The fourth-order valence-corrected chi connectivity index (χ4v) is 3.52. The number of primary amides is 1. The number of anilines is 3. The average Bonchev–Trinajstić information content (AvgIpc) is 3.05. The molecule has 146 valence electrons. The van der Waals surface area contributed by atoms with Gasteiger partial charge >= 0.3 is 0 Å². The van der Waals surface area contributed by atoms with E-state index >= 15 is 0 Å². The van der Waals surface area contributed by atoms with Crippen LogP contribution in [-0.2, 0) is 0 Å². The SMILES string of the molecule is Cc1nc2cccc(Nc3nc(N[C@@H]4CCCC[C@@H]4N)ncc3C(N)=O)c2o1. The maximum absolute atomic E-state index is 11.9. The van der Waals surface area contributed by atoms with Gasteiger partial charge in [0.2, 0.25) is 5.95 Å². The van der Waals surface area contributed by atoms with Crippen LogP contribution in [0, 0.1) is 6.92 Å². The predicted molar refractivity (Wildman–Crippen MR) is 106 cm³/mol. The first-order chi connectivity index (χ1) is 13.5. The third-order valence-electron chi connectivity index (χ3n) is 4.96. The molecule has 3 aromatic rings. The summed E-state index contributed by atoms with van der Waals surface area (Å²) in [5.74, 6) is 0.631. The lowest BCUT2D eigenvalue weighted by Gasteiger charge is -2.29.